The minimum atomic E-state index is -0.244. The summed E-state index contributed by atoms with van der Waals surface area (Å²) in [5.41, 5.74) is 3.54. The van der Waals surface area contributed by atoms with Crippen molar-refractivity contribution in [1.82, 2.24) is 19.7 Å². The summed E-state index contributed by atoms with van der Waals surface area (Å²) in [6.45, 7) is 8.13. The quantitative estimate of drug-likeness (QED) is 0.350. The normalized spacial score (nSPS) is 10.6. The van der Waals surface area contributed by atoms with E-state index in [1.165, 1.54) is 16.7 Å². The van der Waals surface area contributed by atoms with Gasteiger partial charge in [0.05, 0.1) is 25.0 Å². The fourth-order valence-electron chi connectivity index (χ4n) is 3.45. The molecule has 8 nitrogen and oxygen atoms in total. The number of carbonyl (C=O) groups is 2. The summed E-state index contributed by atoms with van der Waals surface area (Å²) in [4.78, 5) is 26.6. The van der Waals surface area contributed by atoms with E-state index in [9.17, 15) is 9.59 Å². The Hall–Kier alpha value is -3.59. The molecular formula is C25H29N5O3S. The lowest BCUT2D eigenvalue weighted by Crippen LogP contribution is -2.36. The highest BCUT2D eigenvalue weighted by Crippen LogP contribution is 2.31. The van der Waals surface area contributed by atoms with Crippen molar-refractivity contribution in [1.29, 1.82) is 0 Å². The fourth-order valence-corrected chi connectivity index (χ4v) is 4.34. The lowest BCUT2D eigenvalue weighted by atomic mass is 10.1. The molecule has 1 N–H and O–H groups in total. The van der Waals surface area contributed by atoms with Gasteiger partial charge in [0, 0.05) is 19.3 Å². The summed E-state index contributed by atoms with van der Waals surface area (Å²) in [5.74, 6) is 1.00. The first-order chi connectivity index (χ1) is 16.3. The Morgan fingerprint density at radius 1 is 1.15 bits per heavy atom. The van der Waals surface area contributed by atoms with Crippen LogP contribution in [0.3, 0.4) is 0 Å². The number of para-hydroxylation sites is 2. The number of amides is 2. The minimum Gasteiger partial charge on any atom is -0.496 e. The van der Waals surface area contributed by atoms with E-state index in [1.54, 1.807) is 20.2 Å². The maximum atomic E-state index is 12.7. The number of thioether (sulfide) groups is 1. The first kappa shape index (κ1) is 25.0. The Bertz CT molecular complexity index is 1170. The van der Waals surface area contributed by atoms with Crippen LogP contribution < -0.4 is 10.1 Å². The maximum Gasteiger partial charge on any atom is 0.243 e. The van der Waals surface area contributed by atoms with Crippen LogP contribution in [0.5, 0.6) is 5.75 Å². The average molecular weight is 480 g/mol. The third-order valence-electron chi connectivity index (χ3n) is 5.25. The molecule has 34 heavy (non-hydrogen) atoms. The number of methoxy groups -OCH3 is 1. The number of ether oxygens (including phenoxy) is 1. The number of nitrogens with zero attached hydrogens (tertiary/aromatic N) is 4. The van der Waals surface area contributed by atoms with Gasteiger partial charge in [-0.2, -0.15) is 0 Å². The van der Waals surface area contributed by atoms with Crippen molar-refractivity contribution < 1.29 is 14.3 Å². The zero-order chi connectivity index (χ0) is 24.7. The van der Waals surface area contributed by atoms with Crippen LogP contribution in [0.15, 0.2) is 60.3 Å². The van der Waals surface area contributed by atoms with E-state index in [4.69, 9.17) is 4.74 Å². The second-order valence-corrected chi connectivity index (χ2v) is 8.70. The monoisotopic (exact) mass is 479 g/mol. The standard InChI is InChI=1S/C25H29N5O3S/c1-6-14-30-24(19-12-7-8-13-20(19)33-5)27-28-25(30)34-16-22(32)29(4)15-21(31)26-23-17(2)10-9-11-18(23)3/h6-13H,1,14-16H2,2-5H3,(H,26,31). The number of aromatic nitrogens is 3. The molecule has 0 atom stereocenters. The highest BCUT2D eigenvalue weighted by Gasteiger charge is 2.19. The van der Waals surface area contributed by atoms with Gasteiger partial charge in [0.25, 0.3) is 0 Å². The third kappa shape index (κ3) is 5.85. The van der Waals surface area contributed by atoms with Crippen LogP contribution in [0.4, 0.5) is 5.69 Å². The minimum absolute atomic E-state index is 0.0427. The molecular weight excluding hydrogens is 450 g/mol. The van der Waals surface area contributed by atoms with Gasteiger partial charge in [-0.05, 0) is 37.1 Å². The fraction of sp³-hybridized carbons (Fsp3) is 0.280. The number of hydrogen-bond acceptors (Lipinski definition) is 6. The molecule has 0 aliphatic rings. The molecule has 0 bridgehead atoms. The van der Waals surface area contributed by atoms with Crippen LogP contribution in [0.25, 0.3) is 11.4 Å². The smallest absolute Gasteiger partial charge is 0.243 e. The van der Waals surface area contributed by atoms with Gasteiger partial charge >= 0.3 is 0 Å². The molecule has 0 aliphatic heterocycles. The van der Waals surface area contributed by atoms with Crippen LogP contribution in [-0.4, -0.2) is 57.9 Å². The average Bonchev–Trinajstić information content (AvgIpc) is 3.22. The van der Waals surface area contributed by atoms with Crippen LogP contribution >= 0.6 is 11.8 Å². The molecule has 2 amide bonds. The Morgan fingerprint density at radius 3 is 2.53 bits per heavy atom. The van der Waals surface area contributed by atoms with E-state index < -0.39 is 0 Å². The van der Waals surface area contributed by atoms with Gasteiger partial charge in [-0.3, -0.25) is 14.2 Å². The van der Waals surface area contributed by atoms with Gasteiger partial charge in [0.2, 0.25) is 11.8 Å². The molecule has 3 rings (SSSR count). The van der Waals surface area contributed by atoms with Gasteiger partial charge in [0.15, 0.2) is 11.0 Å². The Labute approximate surface area is 204 Å². The Balaban J connectivity index is 1.65. The van der Waals surface area contributed by atoms with Crippen LogP contribution in [0.2, 0.25) is 0 Å². The molecule has 1 heterocycles. The number of allylic oxidation sites excluding steroid dienone is 1. The lowest BCUT2D eigenvalue weighted by molar-refractivity contribution is -0.131. The van der Waals surface area contributed by atoms with Crippen molar-refractivity contribution in [3.63, 3.8) is 0 Å². The number of hydrogen-bond donors (Lipinski definition) is 1. The van der Waals surface area contributed by atoms with E-state index in [0.29, 0.717) is 23.3 Å². The van der Waals surface area contributed by atoms with Crippen molar-refractivity contribution in [2.45, 2.75) is 25.5 Å². The molecule has 3 aromatic rings. The molecule has 0 fully saturated rings. The zero-order valence-corrected chi connectivity index (χ0v) is 20.7. The van der Waals surface area contributed by atoms with Gasteiger partial charge in [-0.25, -0.2) is 0 Å². The van der Waals surface area contributed by atoms with E-state index in [-0.39, 0.29) is 24.1 Å². The van der Waals surface area contributed by atoms with Crippen LogP contribution in [0, 0.1) is 13.8 Å². The van der Waals surface area contributed by atoms with Crippen LogP contribution in [0.1, 0.15) is 11.1 Å². The molecule has 0 saturated carbocycles. The maximum absolute atomic E-state index is 12.7. The van der Waals surface area contributed by atoms with Gasteiger partial charge in [0.1, 0.15) is 5.75 Å². The summed E-state index contributed by atoms with van der Waals surface area (Å²) >= 11 is 1.27. The third-order valence-corrected chi connectivity index (χ3v) is 6.20. The van der Waals surface area contributed by atoms with Gasteiger partial charge < -0.3 is 15.0 Å². The van der Waals surface area contributed by atoms with E-state index in [1.807, 2.05) is 60.9 Å². The molecule has 0 aliphatic carbocycles. The molecule has 9 heteroatoms. The number of nitrogens with one attached hydrogen (secondary N) is 1. The lowest BCUT2D eigenvalue weighted by Gasteiger charge is -2.18. The van der Waals surface area contributed by atoms with Crippen molar-refractivity contribution in [3.05, 3.63) is 66.2 Å². The summed E-state index contributed by atoms with van der Waals surface area (Å²) in [7, 11) is 3.22. The Kier molecular flexibility index (Phi) is 8.48. The zero-order valence-electron chi connectivity index (χ0n) is 19.9. The summed E-state index contributed by atoms with van der Waals surface area (Å²) in [6, 6.07) is 13.4. The predicted octanol–water partition coefficient (Wildman–Crippen LogP) is 3.95. The number of benzene rings is 2. The van der Waals surface area contributed by atoms with Gasteiger partial charge in [-0.1, -0.05) is 48.2 Å². The molecule has 2 aromatic carbocycles. The van der Waals surface area contributed by atoms with E-state index in [0.717, 1.165) is 22.4 Å². The summed E-state index contributed by atoms with van der Waals surface area (Å²) < 4.78 is 7.34. The summed E-state index contributed by atoms with van der Waals surface area (Å²) in [6.07, 6.45) is 1.75. The number of anilines is 1. The van der Waals surface area contributed by atoms with Crippen molar-refractivity contribution >= 4 is 29.3 Å². The van der Waals surface area contributed by atoms with Crippen molar-refractivity contribution in [3.8, 4) is 17.1 Å². The van der Waals surface area contributed by atoms with Crippen LogP contribution in [-0.2, 0) is 16.1 Å². The van der Waals surface area contributed by atoms with Crippen molar-refractivity contribution in [2.75, 3.05) is 31.8 Å². The molecule has 0 spiro atoms. The predicted molar refractivity (Wildman–Crippen MR) is 135 cm³/mol. The number of aryl methyl sites for hydroxylation is 2. The topological polar surface area (TPSA) is 89.4 Å². The molecule has 0 unspecified atom stereocenters. The summed E-state index contributed by atoms with van der Waals surface area (Å²) in [5, 5.41) is 12.1. The molecule has 1 aromatic heterocycles. The second kappa shape index (κ2) is 11.5. The van der Waals surface area contributed by atoms with Crippen molar-refractivity contribution in [2.24, 2.45) is 0 Å². The highest BCUT2D eigenvalue weighted by molar-refractivity contribution is 7.99. The highest BCUT2D eigenvalue weighted by atomic mass is 32.2. The number of carbonyl (C=O) groups excluding carboxylic acids is 2. The molecule has 0 radical (unpaired) electrons. The van der Waals surface area contributed by atoms with E-state index in [2.05, 4.69) is 22.1 Å². The molecule has 178 valence electrons. The number of rotatable bonds is 10. The van der Waals surface area contributed by atoms with E-state index >= 15 is 0 Å². The Morgan fingerprint density at radius 2 is 1.85 bits per heavy atom. The van der Waals surface area contributed by atoms with Gasteiger partial charge in [-0.15, -0.1) is 16.8 Å². The first-order valence-corrected chi connectivity index (χ1v) is 11.7. The SMILES string of the molecule is C=CCn1c(SCC(=O)N(C)CC(=O)Nc2c(C)cccc2C)nnc1-c1ccccc1OC. The number of likely N-dealkylation sites (N-methyl/N-ethyl adjacent to an activating group) is 1. The first-order valence-electron chi connectivity index (χ1n) is 10.8. The largest absolute Gasteiger partial charge is 0.496 e. The molecule has 0 saturated heterocycles. The second-order valence-electron chi connectivity index (χ2n) is 7.76.